The highest BCUT2D eigenvalue weighted by Crippen LogP contribution is 2.20. The predicted molar refractivity (Wildman–Crippen MR) is 94.4 cm³/mol. The molecule has 0 bridgehead atoms. The zero-order chi connectivity index (χ0) is 17.2. The number of aliphatic imine (C=N–C) groups is 1. The molecule has 126 valence electrons. The fourth-order valence-electron chi connectivity index (χ4n) is 2.25. The Morgan fingerprint density at radius 1 is 1.17 bits per heavy atom. The molecular formula is C19H22N2O3. The normalized spacial score (nSPS) is 11.2. The van der Waals surface area contributed by atoms with Crippen molar-refractivity contribution in [1.29, 1.82) is 0 Å². The molecule has 0 saturated carbocycles. The lowest BCUT2D eigenvalue weighted by atomic mass is 10.1. The van der Waals surface area contributed by atoms with Gasteiger partial charge in [0.1, 0.15) is 5.75 Å². The summed E-state index contributed by atoms with van der Waals surface area (Å²) in [7, 11) is 0. The highest BCUT2D eigenvalue weighted by atomic mass is 16.5. The molecule has 0 amide bonds. The molecule has 0 aliphatic rings. The topological polar surface area (TPSA) is 70.9 Å². The van der Waals surface area contributed by atoms with E-state index >= 15 is 0 Å². The molecule has 0 fully saturated rings. The molecule has 24 heavy (non-hydrogen) atoms. The largest absolute Gasteiger partial charge is 0.494 e. The Labute approximate surface area is 142 Å². The first-order valence-corrected chi connectivity index (χ1v) is 8.04. The summed E-state index contributed by atoms with van der Waals surface area (Å²) in [5, 5.41) is 9.36. The van der Waals surface area contributed by atoms with E-state index in [0.717, 1.165) is 31.3 Å². The van der Waals surface area contributed by atoms with Gasteiger partial charge in [-0.15, -0.1) is 0 Å². The minimum absolute atomic E-state index is 0.217. The van der Waals surface area contributed by atoms with Gasteiger partial charge < -0.3 is 4.74 Å². The minimum Gasteiger partial charge on any atom is -0.494 e. The molecule has 2 aromatic carbocycles. The van der Waals surface area contributed by atoms with Gasteiger partial charge in [0.05, 0.1) is 12.3 Å². The predicted octanol–water partition coefficient (Wildman–Crippen LogP) is 4.13. The van der Waals surface area contributed by atoms with Crippen LogP contribution in [0.3, 0.4) is 0 Å². The molecule has 0 radical (unpaired) electrons. The van der Waals surface area contributed by atoms with E-state index in [2.05, 4.69) is 17.4 Å². The second-order valence-corrected chi connectivity index (χ2v) is 5.33. The molecule has 0 aromatic heterocycles. The number of nitrogens with zero attached hydrogens (tertiary/aromatic N) is 1. The molecular weight excluding hydrogens is 304 g/mol. The lowest BCUT2D eigenvalue weighted by Gasteiger charge is -2.08. The fraction of sp³-hybridized carbons (Fsp3) is 0.263. The molecule has 2 rings (SSSR count). The number of nitrogens with one attached hydrogen (secondary N) is 1. The van der Waals surface area contributed by atoms with Crippen LogP contribution >= 0.6 is 0 Å². The third-order valence-corrected chi connectivity index (χ3v) is 3.54. The van der Waals surface area contributed by atoms with E-state index < -0.39 is 0 Å². The van der Waals surface area contributed by atoms with Gasteiger partial charge in [-0.05, 0) is 30.7 Å². The zero-order valence-electron chi connectivity index (χ0n) is 13.7. The number of carbonyl (C=O) groups is 1. The van der Waals surface area contributed by atoms with Crippen LogP contribution in [0.1, 0.15) is 42.1 Å². The van der Waals surface area contributed by atoms with Crippen LogP contribution in [0.2, 0.25) is 0 Å². The molecule has 2 aromatic rings. The summed E-state index contributed by atoms with van der Waals surface area (Å²) in [5.74, 6) is 1.01. The summed E-state index contributed by atoms with van der Waals surface area (Å²) >= 11 is 0. The van der Waals surface area contributed by atoms with E-state index in [9.17, 15) is 10.0 Å². The molecule has 0 aliphatic carbocycles. The van der Waals surface area contributed by atoms with E-state index in [1.165, 1.54) is 0 Å². The molecule has 0 atom stereocenters. The smallest absolute Gasteiger partial charge is 0.158 e. The van der Waals surface area contributed by atoms with Gasteiger partial charge in [-0.2, -0.15) is 0 Å². The van der Waals surface area contributed by atoms with E-state index in [1.54, 1.807) is 36.4 Å². The molecule has 0 heterocycles. The first-order chi connectivity index (χ1) is 11.8. The SMILES string of the molecule is CCCCCOc1ccc(N=C(NO)c2ccccc2C=O)cc1. The maximum absolute atomic E-state index is 11.1. The summed E-state index contributed by atoms with van der Waals surface area (Å²) in [5.41, 5.74) is 3.70. The molecule has 2 N–H and O–H groups in total. The van der Waals surface area contributed by atoms with Crippen molar-refractivity contribution in [2.45, 2.75) is 26.2 Å². The second kappa shape index (κ2) is 9.47. The van der Waals surface area contributed by atoms with Crippen molar-refractivity contribution in [3.8, 4) is 5.75 Å². The van der Waals surface area contributed by atoms with Gasteiger partial charge in [0.2, 0.25) is 0 Å². The van der Waals surface area contributed by atoms with E-state index in [4.69, 9.17) is 4.74 Å². The summed E-state index contributed by atoms with van der Waals surface area (Å²) in [4.78, 5) is 15.5. The van der Waals surface area contributed by atoms with Gasteiger partial charge in [0.25, 0.3) is 0 Å². The zero-order valence-corrected chi connectivity index (χ0v) is 13.7. The van der Waals surface area contributed by atoms with Gasteiger partial charge in [0.15, 0.2) is 12.1 Å². The Morgan fingerprint density at radius 2 is 1.92 bits per heavy atom. The Bertz CT molecular complexity index is 681. The fourth-order valence-corrected chi connectivity index (χ4v) is 2.25. The first-order valence-electron chi connectivity index (χ1n) is 8.04. The van der Waals surface area contributed by atoms with Crippen LogP contribution in [0.25, 0.3) is 0 Å². The number of unbranched alkanes of at least 4 members (excludes halogenated alkanes) is 2. The highest BCUT2D eigenvalue weighted by molar-refractivity contribution is 6.05. The van der Waals surface area contributed by atoms with Crippen molar-refractivity contribution in [3.05, 3.63) is 59.7 Å². The average molecular weight is 326 g/mol. The number of aldehydes is 1. The van der Waals surface area contributed by atoms with Gasteiger partial charge >= 0.3 is 0 Å². The van der Waals surface area contributed by atoms with Crippen molar-refractivity contribution >= 4 is 17.8 Å². The van der Waals surface area contributed by atoms with Crippen LogP contribution in [0.4, 0.5) is 5.69 Å². The quantitative estimate of drug-likeness (QED) is 0.252. The highest BCUT2D eigenvalue weighted by Gasteiger charge is 2.08. The Kier molecular flexibility index (Phi) is 6.98. The Balaban J connectivity index is 2.12. The Morgan fingerprint density at radius 3 is 2.58 bits per heavy atom. The monoisotopic (exact) mass is 326 g/mol. The number of amidine groups is 1. The maximum Gasteiger partial charge on any atom is 0.158 e. The maximum atomic E-state index is 11.1. The van der Waals surface area contributed by atoms with Crippen molar-refractivity contribution in [1.82, 2.24) is 5.48 Å². The lowest BCUT2D eigenvalue weighted by molar-refractivity contribution is 0.112. The number of hydrogen-bond donors (Lipinski definition) is 2. The van der Waals surface area contributed by atoms with Crippen LogP contribution in [0, 0.1) is 0 Å². The average Bonchev–Trinajstić information content (AvgIpc) is 2.64. The van der Waals surface area contributed by atoms with Crippen LogP contribution in [0.15, 0.2) is 53.5 Å². The molecule has 5 nitrogen and oxygen atoms in total. The summed E-state index contributed by atoms with van der Waals surface area (Å²) < 4.78 is 5.66. The molecule has 0 aliphatic heterocycles. The lowest BCUT2D eigenvalue weighted by Crippen LogP contribution is -2.21. The summed E-state index contributed by atoms with van der Waals surface area (Å²) in [6.45, 7) is 2.86. The Hall–Kier alpha value is -2.66. The molecule has 0 unspecified atom stereocenters. The molecule has 5 heteroatoms. The minimum atomic E-state index is 0.217. The van der Waals surface area contributed by atoms with Crippen LogP contribution in [0.5, 0.6) is 5.75 Å². The second-order valence-electron chi connectivity index (χ2n) is 5.33. The number of hydroxylamine groups is 1. The number of hydrogen-bond acceptors (Lipinski definition) is 4. The number of benzene rings is 2. The number of carbonyl (C=O) groups excluding carboxylic acids is 1. The van der Waals surface area contributed by atoms with Gasteiger partial charge in [-0.3, -0.25) is 15.5 Å². The van der Waals surface area contributed by atoms with Crippen LogP contribution in [-0.4, -0.2) is 23.9 Å². The van der Waals surface area contributed by atoms with Crippen molar-refractivity contribution in [2.75, 3.05) is 6.61 Å². The number of ether oxygens (including phenoxy) is 1. The molecule has 0 spiro atoms. The van der Waals surface area contributed by atoms with Crippen molar-refractivity contribution in [3.63, 3.8) is 0 Å². The third-order valence-electron chi connectivity index (χ3n) is 3.54. The van der Waals surface area contributed by atoms with Crippen molar-refractivity contribution in [2.24, 2.45) is 4.99 Å². The van der Waals surface area contributed by atoms with Gasteiger partial charge in [0, 0.05) is 11.1 Å². The summed E-state index contributed by atoms with van der Waals surface area (Å²) in [6, 6.07) is 14.2. The van der Waals surface area contributed by atoms with Crippen LogP contribution in [-0.2, 0) is 0 Å². The van der Waals surface area contributed by atoms with E-state index in [0.29, 0.717) is 23.4 Å². The molecule has 0 saturated heterocycles. The first kappa shape index (κ1) is 17.7. The van der Waals surface area contributed by atoms with Gasteiger partial charge in [-0.1, -0.05) is 44.0 Å². The number of rotatable bonds is 8. The van der Waals surface area contributed by atoms with E-state index in [1.807, 2.05) is 12.1 Å². The standard InChI is InChI=1S/C19H22N2O3/c1-2-3-6-13-24-17-11-9-16(10-12-17)20-19(21-23)18-8-5-4-7-15(18)14-22/h4-5,7-12,14,23H,2-3,6,13H2,1H3,(H,20,21). The summed E-state index contributed by atoms with van der Waals surface area (Å²) in [6.07, 6.45) is 4.09. The van der Waals surface area contributed by atoms with Crippen molar-refractivity contribution < 1.29 is 14.7 Å². The van der Waals surface area contributed by atoms with Gasteiger partial charge in [-0.25, -0.2) is 4.99 Å². The van der Waals surface area contributed by atoms with E-state index in [-0.39, 0.29) is 5.84 Å². The van der Waals surface area contributed by atoms with Crippen LogP contribution < -0.4 is 10.2 Å². The third kappa shape index (κ3) is 4.93.